The zero-order valence-electron chi connectivity index (χ0n) is 10.7. The Hall–Kier alpha value is -0.570. The van der Waals surface area contributed by atoms with Gasteiger partial charge in [0.2, 0.25) is 5.91 Å². The minimum absolute atomic E-state index is 0.203. The number of carbonyl (C=O) groups excluding carboxylic acids is 1. The molecule has 2 fully saturated rings. The quantitative estimate of drug-likeness (QED) is 0.804. The molecule has 1 amide bonds. The van der Waals surface area contributed by atoms with E-state index in [2.05, 4.69) is 5.32 Å². The summed E-state index contributed by atoms with van der Waals surface area (Å²) in [6.45, 7) is 1.51. The molecule has 0 atom stereocenters. The number of amides is 1. The van der Waals surface area contributed by atoms with Gasteiger partial charge in [0.1, 0.15) is 0 Å². The maximum Gasteiger partial charge on any atom is 0.223 e. The molecule has 0 radical (unpaired) electrons. The molecule has 0 spiro atoms. The Kier molecular flexibility index (Phi) is 5.30. The number of hydrogen-bond donors (Lipinski definition) is 1. The monoisotopic (exact) mass is 239 g/mol. The zero-order valence-corrected chi connectivity index (χ0v) is 10.7. The Bertz CT molecular complexity index is 228. The Morgan fingerprint density at radius 1 is 0.882 bits per heavy atom. The summed E-state index contributed by atoms with van der Waals surface area (Å²) in [5.74, 6) is 0.480. The van der Waals surface area contributed by atoms with Gasteiger partial charge in [-0.25, -0.2) is 0 Å². The van der Waals surface area contributed by atoms with Crippen LogP contribution in [0.5, 0.6) is 0 Å². The summed E-state index contributed by atoms with van der Waals surface area (Å²) in [6.07, 6.45) is 10.8. The van der Waals surface area contributed by atoms with E-state index in [9.17, 15) is 4.79 Å². The van der Waals surface area contributed by atoms with E-state index >= 15 is 0 Å². The highest BCUT2D eigenvalue weighted by atomic mass is 16.5. The average molecular weight is 239 g/mol. The predicted molar refractivity (Wildman–Crippen MR) is 67.8 cm³/mol. The number of carbonyl (C=O) groups is 1. The van der Waals surface area contributed by atoms with Crippen molar-refractivity contribution in [2.45, 2.75) is 63.8 Å². The third-order valence-electron chi connectivity index (χ3n) is 4.04. The van der Waals surface area contributed by atoms with E-state index in [0.29, 0.717) is 6.04 Å². The fraction of sp³-hybridized carbons (Fsp3) is 0.929. The second kappa shape index (κ2) is 7.00. The Labute approximate surface area is 104 Å². The van der Waals surface area contributed by atoms with Gasteiger partial charge < -0.3 is 10.1 Å². The minimum atomic E-state index is 0.203. The van der Waals surface area contributed by atoms with E-state index < -0.39 is 0 Å². The Morgan fingerprint density at radius 3 is 2.12 bits per heavy atom. The van der Waals surface area contributed by atoms with Crippen molar-refractivity contribution in [3.63, 3.8) is 0 Å². The lowest BCUT2D eigenvalue weighted by Crippen LogP contribution is -2.41. The van der Waals surface area contributed by atoms with Gasteiger partial charge in [0.15, 0.2) is 0 Å². The first-order chi connectivity index (χ1) is 8.36. The van der Waals surface area contributed by atoms with Gasteiger partial charge >= 0.3 is 0 Å². The third-order valence-corrected chi connectivity index (χ3v) is 4.04. The molecule has 1 saturated heterocycles. The Morgan fingerprint density at radius 2 is 1.47 bits per heavy atom. The first-order valence-electron chi connectivity index (χ1n) is 7.24. The highest BCUT2D eigenvalue weighted by molar-refractivity contribution is 5.79. The first-order valence-corrected chi connectivity index (χ1v) is 7.24. The molecule has 0 aromatic rings. The van der Waals surface area contributed by atoms with Crippen LogP contribution in [0.1, 0.15) is 57.8 Å². The van der Waals surface area contributed by atoms with Gasteiger partial charge in [-0.2, -0.15) is 0 Å². The van der Waals surface area contributed by atoms with Crippen molar-refractivity contribution in [1.82, 2.24) is 5.32 Å². The van der Waals surface area contributed by atoms with Crippen molar-refractivity contribution in [3.8, 4) is 0 Å². The van der Waals surface area contributed by atoms with Gasteiger partial charge in [-0.05, 0) is 25.7 Å². The van der Waals surface area contributed by atoms with Crippen LogP contribution in [0.15, 0.2) is 0 Å². The normalized spacial score (nSPS) is 24.9. The topological polar surface area (TPSA) is 38.3 Å². The van der Waals surface area contributed by atoms with Gasteiger partial charge in [-0.15, -0.1) is 0 Å². The molecular weight excluding hydrogens is 214 g/mol. The number of ether oxygens (including phenoxy) is 1. The SMILES string of the molecule is O=C(NC1CCCCCCC1)C1CCOCC1. The molecule has 0 unspecified atom stereocenters. The van der Waals surface area contributed by atoms with Gasteiger partial charge in [-0.1, -0.05) is 32.1 Å². The lowest BCUT2D eigenvalue weighted by molar-refractivity contribution is -0.128. The van der Waals surface area contributed by atoms with Crippen LogP contribution in [0.4, 0.5) is 0 Å². The van der Waals surface area contributed by atoms with Crippen LogP contribution in [0.2, 0.25) is 0 Å². The molecule has 1 saturated carbocycles. The summed E-state index contributed by atoms with van der Waals surface area (Å²) in [4.78, 5) is 12.1. The van der Waals surface area contributed by atoms with Crippen LogP contribution >= 0.6 is 0 Å². The van der Waals surface area contributed by atoms with Gasteiger partial charge in [-0.3, -0.25) is 4.79 Å². The van der Waals surface area contributed by atoms with Crippen molar-refractivity contribution >= 4 is 5.91 Å². The van der Waals surface area contributed by atoms with Crippen LogP contribution in [0.25, 0.3) is 0 Å². The van der Waals surface area contributed by atoms with Crippen LogP contribution in [-0.2, 0) is 9.53 Å². The number of nitrogens with one attached hydrogen (secondary N) is 1. The third kappa shape index (κ3) is 4.30. The second-order valence-electron chi connectivity index (χ2n) is 5.44. The molecule has 1 N–H and O–H groups in total. The maximum atomic E-state index is 12.1. The summed E-state index contributed by atoms with van der Waals surface area (Å²) < 4.78 is 5.30. The van der Waals surface area contributed by atoms with Crippen LogP contribution in [0, 0.1) is 5.92 Å². The van der Waals surface area contributed by atoms with Crippen molar-refractivity contribution < 1.29 is 9.53 Å². The molecule has 17 heavy (non-hydrogen) atoms. The average Bonchev–Trinajstić information content (AvgIpc) is 2.33. The summed E-state index contributed by atoms with van der Waals surface area (Å²) in [6, 6.07) is 0.436. The smallest absolute Gasteiger partial charge is 0.223 e. The van der Waals surface area contributed by atoms with Crippen molar-refractivity contribution in [2.75, 3.05) is 13.2 Å². The summed E-state index contributed by atoms with van der Waals surface area (Å²) in [7, 11) is 0. The molecule has 2 aliphatic rings. The lowest BCUT2D eigenvalue weighted by Gasteiger charge is -2.26. The van der Waals surface area contributed by atoms with Crippen LogP contribution in [0.3, 0.4) is 0 Å². The Balaban J connectivity index is 1.75. The second-order valence-corrected chi connectivity index (χ2v) is 5.44. The van der Waals surface area contributed by atoms with E-state index in [1.165, 1.54) is 44.9 Å². The van der Waals surface area contributed by atoms with E-state index in [0.717, 1.165) is 26.1 Å². The van der Waals surface area contributed by atoms with E-state index in [4.69, 9.17) is 4.74 Å². The summed E-state index contributed by atoms with van der Waals surface area (Å²) >= 11 is 0. The van der Waals surface area contributed by atoms with E-state index in [-0.39, 0.29) is 11.8 Å². The molecule has 1 aliphatic heterocycles. The fourth-order valence-electron chi connectivity index (χ4n) is 2.88. The van der Waals surface area contributed by atoms with Crippen LogP contribution in [-0.4, -0.2) is 25.2 Å². The van der Waals surface area contributed by atoms with Crippen molar-refractivity contribution in [3.05, 3.63) is 0 Å². The van der Waals surface area contributed by atoms with Gasteiger partial charge in [0.05, 0.1) is 0 Å². The molecule has 0 bridgehead atoms. The van der Waals surface area contributed by atoms with E-state index in [1.807, 2.05) is 0 Å². The largest absolute Gasteiger partial charge is 0.381 e. The lowest BCUT2D eigenvalue weighted by atomic mass is 9.94. The molecule has 3 nitrogen and oxygen atoms in total. The highest BCUT2D eigenvalue weighted by Crippen LogP contribution is 2.19. The number of hydrogen-bond acceptors (Lipinski definition) is 2. The first kappa shape index (κ1) is 12.9. The van der Waals surface area contributed by atoms with Gasteiger partial charge in [0, 0.05) is 25.2 Å². The van der Waals surface area contributed by atoms with Crippen molar-refractivity contribution in [2.24, 2.45) is 5.92 Å². The number of rotatable bonds is 2. The summed E-state index contributed by atoms with van der Waals surface area (Å²) in [5.41, 5.74) is 0. The highest BCUT2D eigenvalue weighted by Gasteiger charge is 2.23. The molecule has 0 aromatic carbocycles. The predicted octanol–water partition coefficient (Wildman–Crippen LogP) is 2.64. The molecule has 3 heteroatoms. The van der Waals surface area contributed by atoms with Crippen LogP contribution < -0.4 is 5.32 Å². The zero-order chi connectivity index (χ0) is 11.9. The summed E-state index contributed by atoms with van der Waals surface area (Å²) in [5, 5.41) is 3.26. The minimum Gasteiger partial charge on any atom is -0.381 e. The van der Waals surface area contributed by atoms with Crippen molar-refractivity contribution in [1.29, 1.82) is 0 Å². The molecule has 0 aromatic heterocycles. The molecular formula is C14H25NO2. The van der Waals surface area contributed by atoms with Gasteiger partial charge in [0.25, 0.3) is 0 Å². The maximum absolute atomic E-state index is 12.1. The van der Waals surface area contributed by atoms with E-state index in [1.54, 1.807) is 0 Å². The molecule has 2 rings (SSSR count). The molecule has 1 aliphatic carbocycles. The molecule has 98 valence electrons. The molecule has 1 heterocycles. The fourth-order valence-corrected chi connectivity index (χ4v) is 2.88. The standard InChI is InChI=1S/C14H25NO2/c16-14(12-8-10-17-11-9-12)15-13-6-4-2-1-3-5-7-13/h12-13H,1-11H2,(H,15,16).